The molecule has 0 saturated carbocycles. The Morgan fingerprint density at radius 3 is 1.81 bits per heavy atom. The number of aromatic nitrogens is 2. The third-order valence-corrected chi connectivity index (χ3v) is 7.61. The predicted octanol–water partition coefficient (Wildman–Crippen LogP) is 9.65. The van der Waals surface area contributed by atoms with Crippen molar-refractivity contribution in [3.8, 4) is 11.3 Å². The highest BCUT2D eigenvalue weighted by molar-refractivity contribution is 7.17. The molecular formula is C29H44N2S. The van der Waals surface area contributed by atoms with Crippen LogP contribution in [0.25, 0.3) is 16.2 Å². The molecule has 0 unspecified atom stereocenters. The summed E-state index contributed by atoms with van der Waals surface area (Å²) in [5.74, 6) is 0. The van der Waals surface area contributed by atoms with Crippen LogP contribution in [-0.2, 0) is 12.8 Å². The summed E-state index contributed by atoms with van der Waals surface area (Å²) in [6.07, 6.45) is 26.1. The lowest BCUT2D eigenvalue weighted by molar-refractivity contribution is 0.575. The lowest BCUT2D eigenvalue weighted by Gasteiger charge is -2.04. The van der Waals surface area contributed by atoms with Gasteiger partial charge < -0.3 is 0 Å². The van der Waals surface area contributed by atoms with Crippen LogP contribution >= 0.6 is 11.3 Å². The molecule has 0 aliphatic heterocycles. The van der Waals surface area contributed by atoms with E-state index in [0.717, 1.165) is 10.7 Å². The molecule has 1 aromatic carbocycles. The lowest BCUT2D eigenvalue weighted by atomic mass is 10.0. The highest BCUT2D eigenvalue weighted by Crippen LogP contribution is 2.26. The zero-order chi connectivity index (χ0) is 22.4. The Labute approximate surface area is 200 Å². The first-order valence-corrected chi connectivity index (χ1v) is 14.2. The third kappa shape index (κ3) is 8.39. The summed E-state index contributed by atoms with van der Waals surface area (Å²) in [5.41, 5.74) is 3.79. The van der Waals surface area contributed by atoms with Crippen LogP contribution in [0, 0.1) is 0 Å². The van der Waals surface area contributed by atoms with Crippen molar-refractivity contribution in [3.63, 3.8) is 0 Å². The molecule has 2 heterocycles. The van der Waals surface area contributed by atoms with E-state index in [-0.39, 0.29) is 0 Å². The Hall–Kier alpha value is -1.61. The standard InChI is InChI=1S/C29H44N2S/c1-3-5-7-9-11-12-13-15-17-25-19-21-26(22-20-25)28-24-31-23-27(32-29(31)30-28)18-16-14-10-8-6-4-2/h19-24H,3-18H2,1-2H3. The van der Waals surface area contributed by atoms with Crippen LogP contribution in [0.5, 0.6) is 0 Å². The maximum absolute atomic E-state index is 4.90. The van der Waals surface area contributed by atoms with E-state index in [2.05, 4.69) is 54.9 Å². The van der Waals surface area contributed by atoms with Crippen LogP contribution in [0.4, 0.5) is 0 Å². The first-order valence-electron chi connectivity index (χ1n) is 13.4. The van der Waals surface area contributed by atoms with E-state index in [1.807, 2.05) is 11.3 Å². The number of hydrogen-bond acceptors (Lipinski definition) is 2. The number of imidazole rings is 1. The lowest BCUT2D eigenvalue weighted by Crippen LogP contribution is -1.87. The second-order valence-electron chi connectivity index (χ2n) is 9.45. The Kier molecular flexibility index (Phi) is 11.4. The van der Waals surface area contributed by atoms with E-state index in [0.29, 0.717) is 0 Å². The summed E-state index contributed by atoms with van der Waals surface area (Å²) < 4.78 is 2.22. The number of hydrogen-bond donors (Lipinski definition) is 0. The van der Waals surface area contributed by atoms with Crippen molar-refractivity contribution in [2.45, 2.75) is 117 Å². The van der Waals surface area contributed by atoms with E-state index in [1.165, 1.54) is 119 Å². The number of aryl methyl sites for hydroxylation is 2. The topological polar surface area (TPSA) is 17.3 Å². The summed E-state index contributed by atoms with van der Waals surface area (Å²) in [7, 11) is 0. The van der Waals surface area contributed by atoms with Gasteiger partial charge in [0, 0.05) is 22.8 Å². The molecule has 0 aliphatic carbocycles. The molecule has 0 saturated heterocycles. The highest BCUT2D eigenvalue weighted by Gasteiger charge is 2.08. The Morgan fingerprint density at radius 2 is 1.22 bits per heavy atom. The van der Waals surface area contributed by atoms with Gasteiger partial charge in [0.15, 0.2) is 4.96 Å². The molecule has 0 aliphatic rings. The van der Waals surface area contributed by atoms with Crippen molar-refractivity contribution in [2.75, 3.05) is 0 Å². The van der Waals surface area contributed by atoms with Crippen molar-refractivity contribution in [1.29, 1.82) is 0 Å². The van der Waals surface area contributed by atoms with Crippen molar-refractivity contribution in [2.24, 2.45) is 0 Å². The van der Waals surface area contributed by atoms with E-state index in [4.69, 9.17) is 4.98 Å². The molecule has 3 rings (SSSR count). The maximum atomic E-state index is 4.90. The molecule has 0 N–H and O–H groups in total. The van der Waals surface area contributed by atoms with Crippen LogP contribution in [0.15, 0.2) is 36.7 Å². The molecule has 0 spiro atoms. The fraction of sp³-hybridized carbons (Fsp3) is 0.621. The van der Waals surface area contributed by atoms with Crippen LogP contribution < -0.4 is 0 Å². The number of benzene rings is 1. The number of thiazole rings is 1. The maximum Gasteiger partial charge on any atom is 0.194 e. The van der Waals surface area contributed by atoms with E-state index < -0.39 is 0 Å². The van der Waals surface area contributed by atoms with E-state index in [1.54, 1.807) is 0 Å². The van der Waals surface area contributed by atoms with Crippen LogP contribution in [-0.4, -0.2) is 9.38 Å². The molecular weight excluding hydrogens is 408 g/mol. The molecule has 3 aromatic rings. The van der Waals surface area contributed by atoms with Gasteiger partial charge in [-0.2, -0.15) is 0 Å². The quantitative estimate of drug-likeness (QED) is 0.186. The average molecular weight is 453 g/mol. The minimum atomic E-state index is 1.10. The molecule has 0 radical (unpaired) electrons. The SMILES string of the molecule is CCCCCCCCCCc1ccc(-c2cn3cc(CCCCCCCC)sc3n2)cc1. The summed E-state index contributed by atoms with van der Waals surface area (Å²) >= 11 is 1.86. The van der Waals surface area contributed by atoms with Gasteiger partial charge in [-0.05, 0) is 31.2 Å². The summed E-state index contributed by atoms with van der Waals surface area (Å²) in [6.45, 7) is 4.57. The van der Waals surface area contributed by atoms with Gasteiger partial charge in [-0.15, -0.1) is 11.3 Å². The Morgan fingerprint density at radius 1 is 0.656 bits per heavy atom. The van der Waals surface area contributed by atoms with E-state index >= 15 is 0 Å². The van der Waals surface area contributed by atoms with Crippen LogP contribution in [0.1, 0.15) is 114 Å². The van der Waals surface area contributed by atoms with Gasteiger partial charge in [0.1, 0.15) is 0 Å². The predicted molar refractivity (Wildman–Crippen MR) is 142 cm³/mol. The zero-order valence-electron chi connectivity index (χ0n) is 20.6. The van der Waals surface area contributed by atoms with Crippen molar-refractivity contribution >= 4 is 16.3 Å². The van der Waals surface area contributed by atoms with Crippen molar-refractivity contribution < 1.29 is 0 Å². The number of unbranched alkanes of at least 4 members (excludes halogenated alkanes) is 12. The molecule has 3 heteroatoms. The van der Waals surface area contributed by atoms with Gasteiger partial charge in [-0.1, -0.05) is 115 Å². The molecule has 2 nitrogen and oxygen atoms in total. The van der Waals surface area contributed by atoms with Gasteiger partial charge >= 0.3 is 0 Å². The summed E-state index contributed by atoms with van der Waals surface area (Å²) in [5, 5.41) is 0. The molecule has 2 aromatic heterocycles. The molecule has 0 bridgehead atoms. The zero-order valence-corrected chi connectivity index (χ0v) is 21.4. The number of nitrogens with zero attached hydrogens (tertiary/aromatic N) is 2. The van der Waals surface area contributed by atoms with Crippen molar-refractivity contribution in [3.05, 3.63) is 47.1 Å². The van der Waals surface area contributed by atoms with Gasteiger partial charge in [-0.3, -0.25) is 4.40 Å². The largest absolute Gasteiger partial charge is 0.297 e. The molecule has 32 heavy (non-hydrogen) atoms. The molecule has 0 fully saturated rings. The first kappa shape index (κ1) is 25.0. The average Bonchev–Trinajstić information content (AvgIpc) is 3.37. The Balaban J connectivity index is 1.39. The molecule has 176 valence electrons. The molecule has 0 atom stereocenters. The van der Waals surface area contributed by atoms with Gasteiger partial charge in [0.25, 0.3) is 0 Å². The van der Waals surface area contributed by atoms with Gasteiger partial charge in [0.05, 0.1) is 5.69 Å². The fourth-order valence-electron chi connectivity index (χ4n) is 4.48. The minimum absolute atomic E-state index is 1.10. The van der Waals surface area contributed by atoms with Gasteiger partial charge in [0.2, 0.25) is 0 Å². The van der Waals surface area contributed by atoms with Crippen molar-refractivity contribution in [1.82, 2.24) is 9.38 Å². The normalized spacial score (nSPS) is 11.6. The number of fused-ring (bicyclic) bond motifs is 1. The fourth-order valence-corrected chi connectivity index (χ4v) is 5.48. The molecule has 0 amide bonds. The van der Waals surface area contributed by atoms with Crippen LogP contribution in [0.2, 0.25) is 0 Å². The summed E-state index contributed by atoms with van der Waals surface area (Å²) in [6, 6.07) is 9.11. The number of rotatable bonds is 17. The Bertz CT molecular complexity index is 843. The monoisotopic (exact) mass is 452 g/mol. The first-order chi connectivity index (χ1) is 15.8. The highest BCUT2D eigenvalue weighted by atomic mass is 32.1. The van der Waals surface area contributed by atoms with Gasteiger partial charge in [-0.25, -0.2) is 4.98 Å². The minimum Gasteiger partial charge on any atom is -0.297 e. The third-order valence-electron chi connectivity index (χ3n) is 6.55. The second kappa shape index (κ2) is 14.5. The van der Waals surface area contributed by atoms with E-state index in [9.17, 15) is 0 Å². The summed E-state index contributed by atoms with van der Waals surface area (Å²) in [4.78, 5) is 7.50. The van der Waals surface area contributed by atoms with Crippen LogP contribution in [0.3, 0.4) is 0 Å². The second-order valence-corrected chi connectivity index (χ2v) is 10.5. The smallest absolute Gasteiger partial charge is 0.194 e.